The van der Waals surface area contributed by atoms with Crippen molar-refractivity contribution in [1.29, 1.82) is 0 Å². The van der Waals surface area contributed by atoms with Crippen LogP contribution in [-0.2, 0) is 4.74 Å². The highest BCUT2D eigenvalue weighted by atomic mass is 19.1. The third-order valence-electron chi connectivity index (χ3n) is 4.39. The van der Waals surface area contributed by atoms with E-state index in [-0.39, 0.29) is 11.9 Å². The summed E-state index contributed by atoms with van der Waals surface area (Å²) in [6.45, 7) is 12.5. The second kappa shape index (κ2) is 7.89. The van der Waals surface area contributed by atoms with Crippen LogP contribution >= 0.6 is 0 Å². The lowest BCUT2D eigenvalue weighted by Crippen LogP contribution is -2.37. The summed E-state index contributed by atoms with van der Waals surface area (Å²) in [5, 5.41) is 2.89. The van der Waals surface area contributed by atoms with E-state index in [9.17, 15) is 9.18 Å². The van der Waals surface area contributed by atoms with Gasteiger partial charge in [-0.05, 0) is 64.7 Å². The first-order valence-corrected chi connectivity index (χ1v) is 8.85. The summed E-state index contributed by atoms with van der Waals surface area (Å²) in [5.74, 6) is -0.313. The van der Waals surface area contributed by atoms with E-state index in [0.717, 1.165) is 30.6 Å². The fraction of sp³-hybridized carbons (Fsp3) is 0.550. The maximum Gasteiger partial charge on any atom is 0.408 e. The van der Waals surface area contributed by atoms with Gasteiger partial charge < -0.3 is 15.0 Å². The molecule has 4 nitrogen and oxygen atoms in total. The number of hydrogen-bond donors (Lipinski definition) is 1. The highest BCUT2D eigenvalue weighted by Gasteiger charge is 2.25. The number of ether oxygens (including phenoxy) is 1. The van der Waals surface area contributed by atoms with Gasteiger partial charge in [0.05, 0.1) is 6.04 Å². The number of carbonyl (C=O) groups excluding carboxylic acids is 1. The number of allylic oxidation sites excluding steroid dienone is 1. The van der Waals surface area contributed by atoms with Gasteiger partial charge in [-0.2, -0.15) is 0 Å². The maximum absolute atomic E-state index is 13.6. The molecule has 1 aromatic rings. The predicted octanol–water partition coefficient (Wildman–Crippen LogP) is 4.78. The number of nitrogens with zero attached hydrogens (tertiary/aromatic N) is 1. The van der Waals surface area contributed by atoms with Gasteiger partial charge in [-0.3, -0.25) is 0 Å². The van der Waals surface area contributed by atoms with Crippen LogP contribution in [0, 0.1) is 5.82 Å². The minimum absolute atomic E-state index is 0.313. The van der Waals surface area contributed by atoms with Gasteiger partial charge in [-0.25, -0.2) is 9.18 Å². The van der Waals surface area contributed by atoms with Crippen LogP contribution in [0.4, 0.5) is 9.18 Å². The molecule has 1 aromatic carbocycles. The molecule has 0 aliphatic carbocycles. The zero-order valence-electron chi connectivity index (χ0n) is 15.6. The Morgan fingerprint density at radius 3 is 2.76 bits per heavy atom. The first kappa shape index (κ1) is 19.3. The van der Waals surface area contributed by atoms with Crippen molar-refractivity contribution in [3.05, 3.63) is 47.9 Å². The van der Waals surface area contributed by atoms with E-state index in [1.165, 1.54) is 12.1 Å². The minimum Gasteiger partial charge on any atom is -0.444 e. The summed E-state index contributed by atoms with van der Waals surface area (Å²) in [6, 6.07) is 6.48. The van der Waals surface area contributed by atoms with E-state index in [0.29, 0.717) is 12.5 Å². The van der Waals surface area contributed by atoms with Gasteiger partial charge in [0.15, 0.2) is 0 Å². The van der Waals surface area contributed by atoms with Crippen LogP contribution in [0.3, 0.4) is 0 Å². The summed E-state index contributed by atoms with van der Waals surface area (Å²) >= 11 is 0. The lowest BCUT2D eigenvalue weighted by atomic mass is 10.0. The molecule has 5 heteroatoms. The molecule has 138 valence electrons. The predicted molar refractivity (Wildman–Crippen MR) is 97.7 cm³/mol. The molecule has 2 rings (SSSR count). The van der Waals surface area contributed by atoms with E-state index in [4.69, 9.17) is 4.74 Å². The third kappa shape index (κ3) is 5.76. The lowest BCUT2D eigenvalue weighted by molar-refractivity contribution is 0.0498. The summed E-state index contributed by atoms with van der Waals surface area (Å²) < 4.78 is 19.0. The topological polar surface area (TPSA) is 41.6 Å². The van der Waals surface area contributed by atoms with Crippen molar-refractivity contribution in [2.75, 3.05) is 6.54 Å². The van der Waals surface area contributed by atoms with Gasteiger partial charge in [0.25, 0.3) is 0 Å². The Morgan fingerprint density at radius 2 is 2.20 bits per heavy atom. The van der Waals surface area contributed by atoms with Crippen LogP contribution < -0.4 is 5.32 Å². The molecular formula is C20H29FN2O2. The van der Waals surface area contributed by atoms with Gasteiger partial charge in [0.2, 0.25) is 0 Å². The fourth-order valence-corrected chi connectivity index (χ4v) is 3.13. The number of hydrogen-bond acceptors (Lipinski definition) is 3. The molecule has 0 bridgehead atoms. The first-order valence-electron chi connectivity index (χ1n) is 8.85. The summed E-state index contributed by atoms with van der Waals surface area (Å²) in [4.78, 5) is 14.5. The first-order chi connectivity index (χ1) is 11.7. The van der Waals surface area contributed by atoms with Gasteiger partial charge in [0.1, 0.15) is 11.4 Å². The number of carbonyl (C=O) groups is 1. The lowest BCUT2D eigenvalue weighted by Gasteiger charge is -2.28. The summed E-state index contributed by atoms with van der Waals surface area (Å²) in [6.07, 6.45) is 2.27. The molecule has 1 heterocycles. The van der Waals surface area contributed by atoms with Crippen molar-refractivity contribution in [3.63, 3.8) is 0 Å². The van der Waals surface area contributed by atoms with Crippen molar-refractivity contribution < 1.29 is 13.9 Å². The molecule has 1 aliphatic heterocycles. The number of amides is 1. The number of benzene rings is 1. The normalized spacial score (nSPS) is 19.0. The molecule has 1 saturated heterocycles. The van der Waals surface area contributed by atoms with Gasteiger partial charge >= 0.3 is 6.09 Å². The summed E-state index contributed by atoms with van der Waals surface area (Å²) in [5.41, 5.74) is 1.29. The quantitative estimate of drug-likeness (QED) is 0.832. The molecule has 2 unspecified atom stereocenters. The Labute approximate surface area is 150 Å². The van der Waals surface area contributed by atoms with Gasteiger partial charge in [0, 0.05) is 18.3 Å². The average Bonchev–Trinajstić information content (AvgIpc) is 2.80. The van der Waals surface area contributed by atoms with Crippen molar-refractivity contribution in [1.82, 2.24) is 10.2 Å². The average molecular weight is 348 g/mol. The molecule has 2 atom stereocenters. The van der Waals surface area contributed by atoms with Crippen LogP contribution in [0.2, 0.25) is 0 Å². The zero-order valence-corrected chi connectivity index (χ0v) is 15.6. The number of likely N-dealkylation sites (tertiary alicyclic amines) is 1. The Balaban J connectivity index is 2.09. The smallest absolute Gasteiger partial charge is 0.408 e. The van der Waals surface area contributed by atoms with Crippen LogP contribution in [0.25, 0.3) is 0 Å². The molecule has 0 aromatic heterocycles. The fourth-order valence-electron chi connectivity index (χ4n) is 3.13. The minimum atomic E-state index is -0.575. The van der Waals surface area contributed by atoms with Crippen LogP contribution in [0.5, 0.6) is 0 Å². The molecular weight excluding hydrogens is 319 g/mol. The Kier molecular flexibility index (Phi) is 6.09. The monoisotopic (exact) mass is 348 g/mol. The van der Waals surface area contributed by atoms with Crippen molar-refractivity contribution >= 4 is 6.09 Å². The van der Waals surface area contributed by atoms with Crippen molar-refractivity contribution in [2.45, 2.75) is 64.6 Å². The van der Waals surface area contributed by atoms with E-state index >= 15 is 0 Å². The third-order valence-corrected chi connectivity index (χ3v) is 4.39. The molecule has 0 saturated carbocycles. The van der Waals surface area contributed by atoms with E-state index in [1.807, 2.05) is 26.8 Å². The van der Waals surface area contributed by atoms with Crippen LogP contribution in [-0.4, -0.2) is 29.2 Å². The summed E-state index contributed by atoms with van der Waals surface area (Å²) in [7, 11) is 0. The maximum atomic E-state index is 13.6. The molecule has 1 fully saturated rings. The van der Waals surface area contributed by atoms with Gasteiger partial charge in [-0.1, -0.05) is 18.7 Å². The molecule has 1 aliphatic rings. The zero-order chi connectivity index (χ0) is 18.6. The number of rotatable bonds is 5. The Hall–Kier alpha value is -2.04. The molecule has 1 amide bonds. The van der Waals surface area contributed by atoms with Crippen molar-refractivity contribution in [3.8, 4) is 0 Å². The molecule has 25 heavy (non-hydrogen) atoms. The number of nitrogens with one attached hydrogen (secondary N) is 1. The standard InChI is InChI=1S/C20H29FN2O2/c1-14-9-10-15(2)23(14)12-11-18(16-7-6-8-17(21)13-16)22-19(24)25-20(3,4)5/h6-8,13,15,18H,1,9-12H2,2-5H3,(H,22,24). The number of alkyl carbamates (subject to hydrolysis) is 1. The van der Waals surface area contributed by atoms with E-state index in [1.54, 1.807) is 6.07 Å². The van der Waals surface area contributed by atoms with Crippen LogP contribution in [0.15, 0.2) is 36.5 Å². The van der Waals surface area contributed by atoms with E-state index < -0.39 is 11.7 Å². The SMILES string of the molecule is C=C1CCC(C)N1CCC(NC(=O)OC(C)(C)C)c1cccc(F)c1. The molecule has 0 spiro atoms. The van der Waals surface area contributed by atoms with E-state index in [2.05, 4.69) is 23.7 Å². The highest BCUT2D eigenvalue weighted by molar-refractivity contribution is 5.68. The second-order valence-electron chi connectivity index (χ2n) is 7.69. The highest BCUT2D eigenvalue weighted by Crippen LogP contribution is 2.28. The molecule has 0 radical (unpaired) electrons. The second-order valence-corrected chi connectivity index (χ2v) is 7.69. The largest absolute Gasteiger partial charge is 0.444 e. The Bertz CT molecular complexity index is 624. The van der Waals surface area contributed by atoms with Crippen LogP contribution in [0.1, 0.15) is 58.6 Å². The molecule has 1 N–H and O–H groups in total. The Morgan fingerprint density at radius 1 is 1.48 bits per heavy atom. The van der Waals surface area contributed by atoms with Crippen molar-refractivity contribution in [2.24, 2.45) is 0 Å². The van der Waals surface area contributed by atoms with Gasteiger partial charge in [-0.15, -0.1) is 0 Å². The number of halogens is 1.